The van der Waals surface area contributed by atoms with Gasteiger partial charge in [0.05, 0.1) is 18.0 Å². The monoisotopic (exact) mass is 577 g/mol. The summed E-state index contributed by atoms with van der Waals surface area (Å²) in [6.07, 6.45) is 1.87. The minimum atomic E-state index is -1.21. The van der Waals surface area contributed by atoms with Crippen molar-refractivity contribution < 1.29 is 34.2 Å². The number of β-lactam (4-membered cyclic amide) rings is 1. The van der Waals surface area contributed by atoms with Crippen molar-refractivity contribution in [2.75, 3.05) is 13.1 Å². The molecule has 1 aromatic heterocycles. The van der Waals surface area contributed by atoms with Crippen molar-refractivity contribution in [2.24, 2.45) is 17.6 Å². The number of nitrogens with two attached hydrogens (primary N) is 1. The van der Waals surface area contributed by atoms with Crippen LogP contribution in [0.2, 0.25) is 0 Å². The van der Waals surface area contributed by atoms with Gasteiger partial charge in [0.25, 0.3) is 0 Å². The van der Waals surface area contributed by atoms with E-state index in [0.717, 1.165) is 0 Å². The summed E-state index contributed by atoms with van der Waals surface area (Å²) < 4.78 is 1.25. The largest absolute Gasteiger partial charge is 0.480 e. The molecule has 0 spiro atoms. The molecule has 1 aromatic rings. The summed E-state index contributed by atoms with van der Waals surface area (Å²) in [5, 5.41) is 35.9. The van der Waals surface area contributed by atoms with E-state index in [9.17, 15) is 34.2 Å². The zero-order chi connectivity index (χ0) is 28.9. The van der Waals surface area contributed by atoms with Crippen molar-refractivity contribution in [3.63, 3.8) is 0 Å². The van der Waals surface area contributed by atoms with Gasteiger partial charge in [0.1, 0.15) is 24.6 Å². The first-order chi connectivity index (χ1) is 19.0. The van der Waals surface area contributed by atoms with Crippen molar-refractivity contribution in [1.29, 1.82) is 0 Å². The Morgan fingerprint density at radius 2 is 2.02 bits per heavy atom. The van der Waals surface area contributed by atoms with Gasteiger partial charge in [0.2, 0.25) is 17.7 Å². The second-order valence-corrected chi connectivity index (χ2v) is 12.0. The number of carboxylic acid groups (broad SMARTS) is 2. The number of nitrogens with one attached hydrogen (secondary N) is 2. The van der Waals surface area contributed by atoms with Crippen LogP contribution < -0.4 is 16.4 Å². The first-order valence-electron chi connectivity index (χ1n) is 13.0. The fraction of sp³-hybridized carbons (Fsp3) is 0.652. The molecule has 0 bridgehead atoms. The summed E-state index contributed by atoms with van der Waals surface area (Å²) >= 11 is 1.33. The van der Waals surface area contributed by atoms with Crippen LogP contribution >= 0.6 is 11.8 Å². The van der Waals surface area contributed by atoms with Crippen LogP contribution in [0.3, 0.4) is 0 Å². The van der Waals surface area contributed by atoms with Crippen LogP contribution in [0, 0.1) is 11.8 Å². The molecule has 3 fully saturated rings. The van der Waals surface area contributed by atoms with Crippen LogP contribution in [0.5, 0.6) is 0 Å². The molecule has 1 unspecified atom stereocenters. The van der Waals surface area contributed by atoms with Gasteiger partial charge in [-0.1, -0.05) is 6.92 Å². The van der Waals surface area contributed by atoms with Gasteiger partial charge in [-0.15, -0.1) is 16.9 Å². The number of carboxylic acids is 2. The molecule has 0 saturated carbocycles. The Morgan fingerprint density at radius 1 is 1.27 bits per heavy atom. The number of carbonyl (C=O) groups excluding carboxylic acids is 3. The van der Waals surface area contributed by atoms with E-state index in [1.54, 1.807) is 6.92 Å². The Balaban J connectivity index is 1.24. The highest BCUT2D eigenvalue weighted by Crippen LogP contribution is 2.51. The fourth-order valence-electron chi connectivity index (χ4n) is 6.19. The van der Waals surface area contributed by atoms with Gasteiger partial charge in [-0.25, -0.2) is 14.3 Å². The molecule has 16 nitrogen and oxygen atoms in total. The highest BCUT2D eigenvalue weighted by atomic mass is 32.2. The average Bonchev–Trinajstić information content (AvgIpc) is 3.67. The van der Waals surface area contributed by atoms with E-state index in [1.165, 1.54) is 32.6 Å². The molecule has 4 aliphatic rings. The number of hydrogen-bond acceptors (Lipinski definition) is 11. The lowest BCUT2D eigenvalue weighted by atomic mass is 9.78. The van der Waals surface area contributed by atoms with E-state index in [2.05, 4.69) is 26.2 Å². The van der Waals surface area contributed by atoms with Crippen LogP contribution in [-0.4, -0.2) is 118 Å². The number of tetrazole rings is 1. The predicted molar refractivity (Wildman–Crippen MR) is 137 cm³/mol. The van der Waals surface area contributed by atoms with Gasteiger partial charge in [0, 0.05) is 41.2 Å². The highest BCUT2D eigenvalue weighted by molar-refractivity contribution is 8.03. The normalized spacial score (nSPS) is 32.2. The van der Waals surface area contributed by atoms with Gasteiger partial charge in [-0.05, 0) is 30.2 Å². The summed E-state index contributed by atoms with van der Waals surface area (Å²) in [7, 11) is 0. The lowest BCUT2D eigenvalue weighted by Crippen LogP contribution is -2.66. The van der Waals surface area contributed by atoms with Crippen molar-refractivity contribution in [3.8, 4) is 0 Å². The van der Waals surface area contributed by atoms with E-state index >= 15 is 0 Å². The van der Waals surface area contributed by atoms with Crippen molar-refractivity contribution in [2.45, 2.75) is 68.7 Å². The van der Waals surface area contributed by atoms with Crippen LogP contribution in [0.1, 0.15) is 26.7 Å². The van der Waals surface area contributed by atoms with Crippen LogP contribution in [0.25, 0.3) is 0 Å². The van der Waals surface area contributed by atoms with Crippen LogP contribution in [0.15, 0.2) is 16.9 Å². The topological polar surface area (TPSA) is 226 Å². The number of amides is 3. The van der Waals surface area contributed by atoms with E-state index in [4.69, 9.17) is 5.73 Å². The van der Waals surface area contributed by atoms with E-state index < -0.39 is 48.1 Å². The second kappa shape index (κ2) is 10.8. The molecule has 6 N–H and O–H groups in total. The molecule has 17 heteroatoms. The molecule has 216 valence electrons. The standard InChI is InChI=1S/C23H31N9O7S/c1-9-17-16(10(2)27-15(33)7-30-8-26-28-29-30)21(35)32(17)18(23(38)39)19(9)40-12-4-13(25-5-12)20(34)31-6-11(24)3-14(31)22(36)37/h8-14,16-17,25H,3-7,24H2,1-2H3,(H,27,33)(H,36,37)(H,38,39)/t9-,10?,11-,12+,13+,14+,16-,17-/m1/s1. The van der Waals surface area contributed by atoms with E-state index in [-0.39, 0.29) is 54.1 Å². The minimum Gasteiger partial charge on any atom is -0.480 e. The summed E-state index contributed by atoms with van der Waals surface area (Å²) in [6.45, 7) is 4.03. The molecule has 3 saturated heterocycles. The smallest absolute Gasteiger partial charge is 0.353 e. The third-order valence-electron chi connectivity index (χ3n) is 8.00. The molecule has 40 heavy (non-hydrogen) atoms. The molecule has 0 radical (unpaired) electrons. The Kier molecular flexibility index (Phi) is 7.54. The number of aliphatic carboxylic acids is 2. The number of hydrogen-bond donors (Lipinski definition) is 5. The fourth-order valence-corrected chi connectivity index (χ4v) is 7.67. The maximum atomic E-state index is 13.1. The van der Waals surface area contributed by atoms with Gasteiger partial charge in [-0.2, -0.15) is 0 Å². The Labute approximate surface area is 232 Å². The third kappa shape index (κ3) is 4.92. The number of aromatic nitrogens is 4. The Hall–Kier alpha value is -3.57. The summed E-state index contributed by atoms with van der Waals surface area (Å²) in [6, 6.07) is -2.96. The summed E-state index contributed by atoms with van der Waals surface area (Å²) in [5.41, 5.74) is 5.84. The average molecular weight is 578 g/mol. The Bertz CT molecular complexity index is 1260. The van der Waals surface area contributed by atoms with Crippen LogP contribution in [0.4, 0.5) is 0 Å². The second-order valence-electron chi connectivity index (χ2n) is 10.7. The molecular weight excluding hydrogens is 546 g/mol. The lowest BCUT2D eigenvalue weighted by Gasteiger charge is -2.47. The lowest BCUT2D eigenvalue weighted by molar-refractivity contribution is -0.158. The molecular formula is C23H31N9O7S. The van der Waals surface area contributed by atoms with Crippen molar-refractivity contribution in [3.05, 3.63) is 16.9 Å². The molecule has 3 amide bonds. The number of carbonyl (C=O) groups is 5. The molecule has 8 atom stereocenters. The first kappa shape index (κ1) is 28.0. The zero-order valence-corrected chi connectivity index (χ0v) is 22.7. The zero-order valence-electron chi connectivity index (χ0n) is 21.8. The molecule has 5 heterocycles. The minimum absolute atomic E-state index is 0.0674. The van der Waals surface area contributed by atoms with Crippen LogP contribution in [-0.2, 0) is 30.5 Å². The predicted octanol–water partition coefficient (Wildman–Crippen LogP) is -2.57. The number of thioether (sulfide) groups is 1. The SMILES string of the molecule is CC(NC(=O)Cn1cnnn1)[C@H]1C(=O)N2C(C(=O)O)=C(S[C@@H]3CN[C@H](C(=O)N4C[C@H](N)C[C@H]4C(=O)O)C3)[C@H](C)[C@H]12. The van der Waals surface area contributed by atoms with Crippen molar-refractivity contribution >= 4 is 41.4 Å². The van der Waals surface area contributed by atoms with Gasteiger partial charge < -0.3 is 36.4 Å². The number of nitrogens with zero attached hydrogens (tertiary/aromatic N) is 6. The van der Waals surface area contributed by atoms with Gasteiger partial charge >= 0.3 is 11.9 Å². The summed E-state index contributed by atoms with van der Waals surface area (Å²) in [4.78, 5) is 65.7. The Morgan fingerprint density at radius 3 is 2.67 bits per heavy atom. The molecule has 5 rings (SSSR count). The summed E-state index contributed by atoms with van der Waals surface area (Å²) in [5.74, 6) is -4.30. The maximum absolute atomic E-state index is 13.1. The molecule has 0 aromatic carbocycles. The van der Waals surface area contributed by atoms with Crippen molar-refractivity contribution in [1.82, 2.24) is 40.6 Å². The van der Waals surface area contributed by atoms with Gasteiger partial charge in [-0.3, -0.25) is 14.4 Å². The number of likely N-dealkylation sites (tertiary alicyclic amines) is 1. The van der Waals surface area contributed by atoms with Gasteiger partial charge in [0.15, 0.2) is 0 Å². The third-order valence-corrected chi connectivity index (χ3v) is 9.51. The molecule has 4 aliphatic heterocycles. The van der Waals surface area contributed by atoms with E-state index in [1.807, 2.05) is 6.92 Å². The number of rotatable bonds is 9. The highest BCUT2D eigenvalue weighted by Gasteiger charge is 2.60. The quantitative estimate of drug-likeness (QED) is 0.190. The molecule has 0 aliphatic carbocycles. The first-order valence-corrected chi connectivity index (χ1v) is 13.9. The number of fused-ring (bicyclic) bond motifs is 1. The maximum Gasteiger partial charge on any atom is 0.353 e. The van der Waals surface area contributed by atoms with E-state index in [0.29, 0.717) is 17.9 Å².